The van der Waals surface area contributed by atoms with Crippen molar-refractivity contribution in [2.45, 2.75) is 32.5 Å². The Morgan fingerprint density at radius 3 is 2.86 bits per heavy atom. The van der Waals surface area contributed by atoms with Gasteiger partial charge in [-0.1, -0.05) is 15.9 Å². The predicted molar refractivity (Wildman–Crippen MR) is 105 cm³/mol. The number of carbonyl (C=O) groups is 1. The molecule has 9 heteroatoms. The Bertz CT molecular complexity index is 1120. The molecule has 0 amide bonds. The number of rotatable bonds is 5. The second-order valence-electron chi connectivity index (χ2n) is 6.72. The summed E-state index contributed by atoms with van der Waals surface area (Å²) in [7, 11) is 1.32. The first-order valence-electron chi connectivity index (χ1n) is 8.89. The van der Waals surface area contributed by atoms with Gasteiger partial charge in [0.05, 0.1) is 26.3 Å². The lowest BCUT2D eigenvalue weighted by atomic mass is 10.2. The van der Waals surface area contributed by atoms with Crippen molar-refractivity contribution in [1.82, 2.24) is 19.1 Å². The standard InChI is InChI=1S/C19H19BrN4O4/c1-11-8-23(17(25)7-13(11)20)10-16-21-14-3-4-15(19(26)27-2)22-18(14)24(16)9-12-5-6-28-12/h3-4,7-8,12H,5-6,9-10H2,1-2H3. The zero-order chi connectivity index (χ0) is 19.8. The summed E-state index contributed by atoms with van der Waals surface area (Å²) in [6, 6.07) is 4.88. The molecule has 1 aliphatic rings. The van der Waals surface area contributed by atoms with Crippen molar-refractivity contribution in [2.24, 2.45) is 0 Å². The van der Waals surface area contributed by atoms with Gasteiger partial charge in [-0.3, -0.25) is 4.79 Å². The van der Waals surface area contributed by atoms with E-state index in [1.165, 1.54) is 7.11 Å². The molecule has 4 rings (SSSR count). The zero-order valence-corrected chi connectivity index (χ0v) is 17.1. The quantitative estimate of drug-likeness (QED) is 0.558. The van der Waals surface area contributed by atoms with Crippen molar-refractivity contribution in [3.63, 3.8) is 0 Å². The number of aryl methyl sites for hydroxylation is 1. The normalized spacial score (nSPS) is 16.2. The molecule has 146 valence electrons. The molecule has 0 aliphatic carbocycles. The number of aromatic nitrogens is 4. The van der Waals surface area contributed by atoms with Gasteiger partial charge in [-0.05, 0) is 31.0 Å². The van der Waals surface area contributed by atoms with Crippen LogP contribution in [-0.2, 0) is 22.6 Å². The molecule has 0 radical (unpaired) electrons. The van der Waals surface area contributed by atoms with Crippen molar-refractivity contribution in [3.8, 4) is 0 Å². The number of nitrogens with zero attached hydrogens (tertiary/aromatic N) is 4. The highest BCUT2D eigenvalue weighted by Crippen LogP contribution is 2.21. The van der Waals surface area contributed by atoms with Crippen LogP contribution in [0.4, 0.5) is 0 Å². The molecule has 0 spiro atoms. The number of ether oxygens (including phenoxy) is 2. The fraction of sp³-hybridized carbons (Fsp3) is 0.368. The van der Waals surface area contributed by atoms with Gasteiger partial charge < -0.3 is 18.6 Å². The lowest BCUT2D eigenvalue weighted by Gasteiger charge is -2.27. The molecular weight excluding hydrogens is 428 g/mol. The lowest BCUT2D eigenvalue weighted by molar-refractivity contribution is -0.0591. The maximum absolute atomic E-state index is 12.4. The molecule has 1 fully saturated rings. The number of carbonyl (C=O) groups excluding carboxylic acids is 1. The van der Waals surface area contributed by atoms with Gasteiger partial charge in [0.2, 0.25) is 0 Å². The zero-order valence-electron chi connectivity index (χ0n) is 15.5. The summed E-state index contributed by atoms with van der Waals surface area (Å²) in [6.07, 6.45) is 2.82. The van der Waals surface area contributed by atoms with Crippen LogP contribution in [0.3, 0.4) is 0 Å². The predicted octanol–water partition coefficient (Wildman–Crippen LogP) is 2.29. The van der Waals surface area contributed by atoms with Crippen molar-refractivity contribution < 1.29 is 14.3 Å². The maximum atomic E-state index is 12.4. The van der Waals surface area contributed by atoms with Gasteiger partial charge in [0.1, 0.15) is 11.3 Å². The van der Waals surface area contributed by atoms with Crippen LogP contribution in [0, 0.1) is 6.92 Å². The van der Waals surface area contributed by atoms with Gasteiger partial charge >= 0.3 is 5.97 Å². The van der Waals surface area contributed by atoms with Crippen LogP contribution in [0.15, 0.2) is 33.7 Å². The topological polar surface area (TPSA) is 88.2 Å². The second kappa shape index (κ2) is 7.48. The van der Waals surface area contributed by atoms with E-state index < -0.39 is 5.97 Å². The number of halogens is 1. The molecule has 8 nitrogen and oxygen atoms in total. The third kappa shape index (κ3) is 3.47. The molecule has 4 heterocycles. The lowest BCUT2D eigenvalue weighted by Crippen LogP contribution is -2.32. The van der Waals surface area contributed by atoms with Gasteiger partial charge in [0.25, 0.3) is 5.56 Å². The van der Waals surface area contributed by atoms with Crippen molar-refractivity contribution in [3.05, 3.63) is 56.3 Å². The first kappa shape index (κ1) is 18.8. The average Bonchev–Trinajstić information content (AvgIpc) is 2.98. The fourth-order valence-corrected chi connectivity index (χ4v) is 3.45. The van der Waals surface area contributed by atoms with Crippen LogP contribution in [0.25, 0.3) is 11.2 Å². The van der Waals surface area contributed by atoms with E-state index in [-0.39, 0.29) is 17.4 Å². The SMILES string of the molecule is COC(=O)c1ccc2nc(Cn3cc(C)c(Br)cc3=O)n(CC3CCO3)c2n1. The molecular formula is C19H19BrN4O4. The highest BCUT2D eigenvalue weighted by atomic mass is 79.9. The minimum absolute atomic E-state index is 0.0723. The highest BCUT2D eigenvalue weighted by molar-refractivity contribution is 9.10. The molecule has 1 aliphatic heterocycles. The molecule has 1 saturated heterocycles. The summed E-state index contributed by atoms with van der Waals surface area (Å²) in [5.41, 5.74) is 2.28. The smallest absolute Gasteiger partial charge is 0.356 e. The third-order valence-electron chi connectivity index (χ3n) is 4.82. The van der Waals surface area contributed by atoms with Gasteiger partial charge in [-0.15, -0.1) is 0 Å². The van der Waals surface area contributed by atoms with Crippen molar-refractivity contribution in [2.75, 3.05) is 13.7 Å². The van der Waals surface area contributed by atoms with E-state index in [0.29, 0.717) is 30.1 Å². The second-order valence-corrected chi connectivity index (χ2v) is 7.58. The number of imidazole rings is 1. The Hall–Kier alpha value is -2.52. The third-order valence-corrected chi connectivity index (χ3v) is 5.67. The summed E-state index contributed by atoms with van der Waals surface area (Å²) >= 11 is 3.38. The van der Waals surface area contributed by atoms with E-state index in [4.69, 9.17) is 9.47 Å². The van der Waals surface area contributed by atoms with E-state index in [1.54, 1.807) is 29.0 Å². The summed E-state index contributed by atoms with van der Waals surface area (Å²) in [5, 5.41) is 0. The van der Waals surface area contributed by atoms with Gasteiger partial charge in [0, 0.05) is 23.3 Å². The van der Waals surface area contributed by atoms with E-state index >= 15 is 0 Å². The number of hydrogen-bond donors (Lipinski definition) is 0. The van der Waals surface area contributed by atoms with E-state index in [1.807, 2.05) is 11.5 Å². The van der Waals surface area contributed by atoms with E-state index in [0.717, 1.165) is 23.1 Å². The van der Waals surface area contributed by atoms with Crippen molar-refractivity contribution >= 4 is 33.1 Å². The number of esters is 1. The largest absolute Gasteiger partial charge is 0.464 e. The molecule has 0 saturated carbocycles. The Labute approximate surface area is 169 Å². The summed E-state index contributed by atoms with van der Waals surface area (Å²) < 4.78 is 14.7. The summed E-state index contributed by atoms with van der Waals surface area (Å²) in [5.74, 6) is 0.180. The molecule has 28 heavy (non-hydrogen) atoms. The minimum atomic E-state index is -0.504. The Kier molecular flexibility index (Phi) is 5.03. The summed E-state index contributed by atoms with van der Waals surface area (Å²) in [4.78, 5) is 33.4. The molecule has 0 N–H and O–H groups in total. The van der Waals surface area contributed by atoms with Crippen LogP contribution in [0.2, 0.25) is 0 Å². The Morgan fingerprint density at radius 1 is 1.39 bits per heavy atom. The molecule has 3 aromatic heterocycles. The van der Waals surface area contributed by atoms with Crippen molar-refractivity contribution in [1.29, 1.82) is 0 Å². The van der Waals surface area contributed by atoms with Gasteiger partial charge in [-0.2, -0.15) is 0 Å². The van der Waals surface area contributed by atoms with Crippen LogP contribution < -0.4 is 5.56 Å². The molecule has 1 atom stereocenters. The van der Waals surface area contributed by atoms with Crippen LogP contribution in [-0.4, -0.2) is 44.9 Å². The van der Waals surface area contributed by atoms with E-state index in [9.17, 15) is 9.59 Å². The first-order chi connectivity index (χ1) is 13.5. The molecule has 0 bridgehead atoms. The first-order valence-corrected chi connectivity index (χ1v) is 9.68. The van der Waals surface area contributed by atoms with E-state index in [2.05, 4.69) is 25.9 Å². The minimum Gasteiger partial charge on any atom is -0.464 e. The average molecular weight is 447 g/mol. The Morgan fingerprint density at radius 2 is 2.18 bits per heavy atom. The number of hydrogen-bond acceptors (Lipinski definition) is 6. The maximum Gasteiger partial charge on any atom is 0.356 e. The number of pyridine rings is 2. The van der Waals surface area contributed by atoms with Crippen LogP contribution >= 0.6 is 15.9 Å². The number of fused-ring (bicyclic) bond motifs is 1. The van der Waals surface area contributed by atoms with Gasteiger partial charge in [0.15, 0.2) is 11.3 Å². The fourth-order valence-electron chi connectivity index (χ4n) is 3.15. The molecule has 3 aromatic rings. The van der Waals surface area contributed by atoms with Gasteiger partial charge in [-0.25, -0.2) is 14.8 Å². The number of methoxy groups -OCH3 is 1. The monoisotopic (exact) mass is 446 g/mol. The highest BCUT2D eigenvalue weighted by Gasteiger charge is 2.23. The molecule has 1 unspecified atom stereocenters. The van der Waals surface area contributed by atoms with Crippen LogP contribution in [0.5, 0.6) is 0 Å². The van der Waals surface area contributed by atoms with Crippen LogP contribution in [0.1, 0.15) is 28.3 Å². The summed E-state index contributed by atoms with van der Waals surface area (Å²) in [6.45, 7) is 3.52. The Balaban J connectivity index is 1.80. The molecule has 0 aromatic carbocycles.